The Balaban J connectivity index is 1.19. The fourth-order valence-electron chi connectivity index (χ4n) is 4.30. The van der Waals surface area contributed by atoms with Crippen molar-refractivity contribution in [1.82, 2.24) is 25.3 Å². The molecule has 0 unspecified atom stereocenters. The second-order valence-electron chi connectivity index (χ2n) is 9.53. The first kappa shape index (κ1) is 21.6. The standard InChI is InChI=1S/C22H27N5O3S2/c1-22(2,3)14-6-7-15-13(9-14)10-16(32-15)20-25-24-18(29-20)12-31-21-26-23-17(30-21)11-27-8-4-5-19(27)28/h10,14H,4-9,11-12H2,1-3H3/t14-/m1/s1. The van der Waals surface area contributed by atoms with E-state index < -0.39 is 0 Å². The molecule has 0 saturated carbocycles. The second-order valence-corrected chi connectivity index (χ2v) is 11.6. The Morgan fingerprint density at radius 1 is 1.16 bits per heavy atom. The Morgan fingerprint density at radius 2 is 2.00 bits per heavy atom. The van der Waals surface area contributed by atoms with Crippen LogP contribution >= 0.6 is 23.1 Å². The number of rotatable bonds is 6. The van der Waals surface area contributed by atoms with Crippen molar-refractivity contribution in [3.63, 3.8) is 0 Å². The van der Waals surface area contributed by atoms with Gasteiger partial charge in [0.25, 0.3) is 11.1 Å². The summed E-state index contributed by atoms with van der Waals surface area (Å²) in [5.74, 6) is 2.85. The van der Waals surface area contributed by atoms with Crippen LogP contribution < -0.4 is 0 Å². The quantitative estimate of drug-likeness (QED) is 0.473. The summed E-state index contributed by atoms with van der Waals surface area (Å²) in [6.07, 6.45) is 4.97. The fraction of sp³-hybridized carbons (Fsp3) is 0.591. The van der Waals surface area contributed by atoms with Crippen LogP contribution in [0.5, 0.6) is 0 Å². The highest BCUT2D eigenvalue weighted by Crippen LogP contribution is 2.42. The molecule has 0 radical (unpaired) electrons. The molecule has 3 aromatic rings. The summed E-state index contributed by atoms with van der Waals surface area (Å²) < 4.78 is 11.6. The third-order valence-electron chi connectivity index (χ3n) is 6.25. The van der Waals surface area contributed by atoms with Gasteiger partial charge in [-0.25, -0.2) is 0 Å². The highest BCUT2D eigenvalue weighted by atomic mass is 32.2. The summed E-state index contributed by atoms with van der Waals surface area (Å²) in [6.45, 7) is 8.11. The molecule has 170 valence electrons. The van der Waals surface area contributed by atoms with Crippen LogP contribution in [0, 0.1) is 11.3 Å². The van der Waals surface area contributed by atoms with Crippen molar-refractivity contribution in [1.29, 1.82) is 0 Å². The Labute approximate surface area is 195 Å². The first-order valence-corrected chi connectivity index (χ1v) is 12.8. The predicted octanol–water partition coefficient (Wildman–Crippen LogP) is 4.75. The van der Waals surface area contributed by atoms with E-state index in [1.54, 1.807) is 16.2 Å². The molecule has 32 heavy (non-hydrogen) atoms. The number of amides is 1. The highest BCUT2D eigenvalue weighted by Gasteiger charge is 2.30. The van der Waals surface area contributed by atoms with E-state index in [0.29, 0.717) is 52.9 Å². The first-order chi connectivity index (χ1) is 15.3. The summed E-state index contributed by atoms with van der Waals surface area (Å²) in [4.78, 5) is 16.0. The molecule has 1 atom stereocenters. The van der Waals surface area contributed by atoms with Crippen LogP contribution in [-0.4, -0.2) is 37.7 Å². The molecular formula is C22H27N5O3S2. The van der Waals surface area contributed by atoms with Gasteiger partial charge in [-0.1, -0.05) is 32.5 Å². The molecule has 4 heterocycles. The van der Waals surface area contributed by atoms with Crippen molar-refractivity contribution >= 4 is 29.0 Å². The molecule has 1 aliphatic heterocycles. The third kappa shape index (κ3) is 4.61. The molecule has 1 saturated heterocycles. The third-order valence-corrected chi connectivity index (χ3v) is 8.28. The van der Waals surface area contributed by atoms with Crippen LogP contribution in [0.15, 0.2) is 20.1 Å². The van der Waals surface area contributed by atoms with Crippen molar-refractivity contribution in [3.8, 4) is 10.8 Å². The summed E-state index contributed by atoms with van der Waals surface area (Å²) in [6, 6.07) is 2.23. The van der Waals surface area contributed by atoms with E-state index in [1.165, 1.54) is 28.6 Å². The summed E-state index contributed by atoms with van der Waals surface area (Å²) in [5, 5.41) is 17.0. The van der Waals surface area contributed by atoms with Gasteiger partial charge < -0.3 is 13.7 Å². The van der Waals surface area contributed by atoms with Crippen LogP contribution in [-0.2, 0) is 29.9 Å². The number of fused-ring (bicyclic) bond motifs is 1. The predicted molar refractivity (Wildman–Crippen MR) is 121 cm³/mol. The largest absolute Gasteiger partial charge is 0.419 e. The summed E-state index contributed by atoms with van der Waals surface area (Å²) in [5.41, 5.74) is 1.76. The highest BCUT2D eigenvalue weighted by molar-refractivity contribution is 7.98. The molecular weight excluding hydrogens is 446 g/mol. The summed E-state index contributed by atoms with van der Waals surface area (Å²) in [7, 11) is 0. The lowest BCUT2D eigenvalue weighted by molar-refractivity contribution is -0.128. The molecule has 0 spiro atoms. The molecule has 0 aromatic carbocycles. The number of thioether (sulfide) groups is 1. The molecule has 1 fully saturated rings. The number of thiophene rings is 1. The van der Waals surface area contributed by atoms with Gasteiger partial charge in [0.15, 0.2) is 0 Å². The monoisotopic (exact) mass is 473 g/mol. The molecule has 0 N–H and O–H groups in total. The zero-order chi connectivity index (χ0) is 22.3. The maximum Gasteiger partial charge on any atom is 0.277 e. The number of carbonyl (C=O) groups excluding carboxylic acids is 1. The number of hydrogen-bond donors (Lipinski definition) is 0. The molecule has 3 aromatic heterocycles. The van der Waals surface area contributed by atoms with Crippen LogP contribution in [0.1, 0.15) is 62.3 Å². The van der Waals surface area contributed by atoms with E-state index in [0.717, 1.165) is 30.7 Å². The topological polar surface area (TPSA) is 98.2 Å². The fourth-order valence-corrected chi connectivity index (χ4v) is 6.05. The lowest BCUT2D eigenvalue weighted by Crippen LogP contribution is -2.26. The smallest absolute Gasteiger partial charge is 0.277 e. The minimum Gasteiger partial charge on any atom is -0.419 e. The van der Waals surface area contributed by atoms with E-state index in [2.05, 4.69) is 47.2 Å². The number of likely N-dealkylation sites (tertiary alicyclic amines) is 1. The van der Waals surface area contributed by atoms with Crippen LogP contribution in [0.4, 0.5) is 0 Å². The average molecular weight is 474 g/mol. The Hall–Kier alpha value is -2.20. The SMILES string of the molecule is CC(C)(C)[C@@H]1CCc2sc(-c3nnc(CSc4nnc(CN5CCCC5=O)o4)o3)cc2C1. The van der Waals surface area contributed by atoms with Gasteiger partial charge >= 0.3 is 0 Å². The van der Waals surface area contributed by atoms with Crippen molar-refractivity contribution in [2.45, 2.75) is 70.4 Å². The zero-order valence-corrected chi connectivity index (χ0v) is 20.2. The lowest BCUT2D eigenvalue weighted by Gasteiger charge is -2.33. The molecule has 10 heteroatoms. The Morgan fingerprint density at radius 3 is 2.78 bits per heavy atom. The number of hydrogen-bond acceptors (Lipinski definition) is 9. The average Bonchev–Trinajstić information content (AvgIpc) is 3.53. The molecule has 5 rings (SSSR count). The van der Waals surface area contributed by atoms with Gasteiger partial charge in [0, 0.05) is 17.8 Å². The van der Waals surface area contributed by atoms with E-state index in [9.17, 15) is 4.79 Å². The molecule has 1 aliphatic carbocycles. The van der Waals surface area contributed by atoms with E-state index in [1.807, 2.05) is 0 Å². The molecule has 0 bridgehead atoms. The molecule has 8 nitrogen and oxygen atoms in total. The van der Waals surface area contributed by atoms with E-state index in [4.69, 9.17) is 8.83 Å². The number of aryl methyl sites for hydroxylation is 1. The minimum atomic E-state index is 0.139. The Bertz CT molecular complexity index is 1110. The van der Waals surface area contributed by atoms with Crippen LogP contribution in [0.25, 0.3) is 10.8 Å². The normalized spacial score (nSPS) is 19.0. The Kier molecular flexibility index (Phi) is 5.83. The van der Waals surface area contributed by atoms with Gasteiger partial charge in [0.2, 0.25) is 17.7 Å². The lowest BCUT2D eigenvalue weighted by atomic mass is 9.72. The summed E-state index contributed by atoms with van der Waals surface area (Å²) >= 11 is 3.13. The van der Waals surface area contributed by atoms with Crippen LogP contribution in [0.3, 0.4) is 0 Å². The van der Waals surface area contributed by atoms with Crippen molar-refractivity contribution in [2.24, 2.45) is 11.3 Å². The number of aromatic nitrogens is 4. The van der Waals surface area contributed by atoms with E-state index >= 15 is 0 Å². The van der Waals surface area contributed by atoms with Gasteiger partial charge in [-0.2, -0.15) is 0 Å². The molecule has 1 amide bonds. The van der Waals surface area contributed by atoms with Gasteiger partial charge in [0.1, 0.15) is 0 Å². The molecule has 2 aliphatic rings. The van der Waals surface area contributed by atoms with Crippen molar-refractivity contribution in [2.75, 3.05) is 6.54 Å². The maximum absolute atomic E-state index is 11.7. The number of nitrogens with zero attached hydrogens (tertiary/aromatic N) is 5. The van der Waals surface area contributed by atoms with E-state index in [-0.39, 0.29) is 5.91 Å². The maximum atomic E-state index is 11.7. The minimum absolute atomic E-state index is 0.139. The van der Waals surface area contributed by atoms with Crippen molar-refractivity contribution < 1.29 is 13.6 Å². The van der Waals surface area contributed by atoms with Gasteiger partial charge in [-0.05, 0) is 48.6 Å². The van der Waals surface area contributed by atoms with Crippen LogP contribution in [0.2, 0.25) is 0 Å². The first-order valence-electron chi connectivity index (χ1n) is 11.0. The second kappa shape index (κ2) is 8.62. The van der Waals surface area contributed by atoms with Gasteiger partial charge in [0.05, 0.1) is 17.2 Å². The van der Waals surface area contributed by atoms with Gasteiger partial charge in [-0.15, -0.1) is 31.7 Å². The number of carbonyl (C=O) groups is 1. The van der Waals surface area contributed by atoms with Gasteiger partial charge in [-0.3, -0.25) is 4.79 Å². The van der Waals surface area contributed by atoms with Crippen molar-refractivity contribution in [3.05, 3.63) is 28.3 Å². The zero-order valence-electron chi connectivity index (χ0n) is 18.6.